The molecule has 1 spiro atoms. The highest BCUT2D eigenvalue weighted by atomic mass is 32.1. The molecule has 1 aliphatic heterocycles. The molecule has 0 amide bonds. The number of fused-ring (bicyclic) bond motifs is 14. The van der Waals surface area contributed by atoms with Gasteiger partial charge < -0.3 is 4.74 Å². The smallest absolute Gasteiger partial charge is 0.216 e. The van der Waals surface area contributed by atoms with Gasteiger partial charge in [-0.05, 0) is 129 Å². The fourth-order valence-corrected chi connectivity index (χ4v) is 15.4. The summed E-state index contributed by atoms with van der Waals surface area (Å²) >= 11 is 6.35. The van der Waals surface area contributed by atoms with Crippen LogP contribution in [0.15, 0.2) is 138 Å². The number of rotatable bonds is 2. The lowest BCUT2D eigenvalue weighted by atomic mass is 9.78. The molecular formula is C52H28N2O5S4. The lowest BCUT2D eigenvalue weighted by Crippen LogP contribution is -2.37. The van der Waals surface area contributed by atoms with Crippen molar-refractivity contribution in [2.75, 3.05) is 0 Å². The molecule has 0 radical (unpaired) electrons. The first-order valence-electron chi connectivity index (χ1n) is 20.9. The van der Waals surface area contributed by atoms with Crippen LogP contribution in [-0.4, -0.2) is 0 Å². The molecule has 1 aliphatic carbocycles. The van der Waals surface area contributed by atoms with Gasteiger partial charge in [0.1, 0.15) is 15.6 Å². The average Bonchev–Trinajstić information content (AvgIpc) is 4.12. The molecule has 1 saturated carbocycles. The van der Waals surface area contributed by atoms with E-state index in [4.69, 9.17) is 14.7 Å². The van der Waals surface area contributed by atoms with Crippen LogP contribution in [0.4, 0.5) is 10.0 Å². The first-order valence-corrected chi connectivity index (χ1v) is 24.2. The minimum Gasteiger partial charge on any atom is -0.479 e. The molecule has 4 aromatic heterocycles. The number of thiophene rings is 4. The van der Waals surface area contributed by atoms with Gasteiger partial charge in [-0.3, -0.25) is 19.2 Å². The van der Waals surface area contributed by atoms with Gasteiger partial charge in [-0.1, -0.05) is 55.0 Å². The van der Waals surface area contributed by atoms with Crippen LogP contribution in [0.3, 0.4) is 0 Å². The van der Waals surface area contributed by atoms with Crippen LogP contribution < -0.4 is 37.2 Å². The number of hydrogen-bond donors (Lipinski definition) is 0. The van der Waals surface area contributed by atoms with Crippen LogP contribution in [-0.2, 0) is 5.60 Å². The van der Waals surface area contributed by atoms with Crippen molar-refractivity contribution in [3.8, 4) is 15.5 Å². The zero-order chi connectivity index (χ0) is 41.9. The fraction of sp³-hybridized carbons (Fsp3) is 0.115. The maximum atomic E-state index is 13.8. The first-order chi connectivity index (χ1) is 30.8. The summed E-state index contributed by atoms with van der Waals surface area (Å²) in [5.74, 6) is 0.848. The Balaban J connectivity index is 0.881. The minimum atomic E-state index is -0.539. The van der Waals surface area contributed by atoms with Gasteiger partial charge in [0.25, 0.3) is 0 Å². The predicted molar refractivity (Wildman–Crippen MR) is 262 cm³/mol. The topological polar surface area (TPSA) is 102 Å². The Morgan fingerprint density at radius 2 is 0.857 bits per heavy atom. The number of nitrogens with zero attached hydrogens (tertiary/aromatic N) is 2. The summed E-state index contributed by atoms with van der Waals surface area (Å²) < 4.78 is 11.4. The summed E-state index contributed by atoms with van der Waals surface area (Å²) in [6.45, 7) is 0. The fourth-order valence-electron chi connectivity index (χ4n) is 10.3. The molecule has 0 saturated heterocycles. The lowest BCUT2D eigenvalue weighted by molar-refractivity contribution is 0.0282. The Labute approximate surface area is 370 Å². The summed E-state index contributed by atoms with van der Waals surface area (Å²) in [5, 5.41) is 10.7. The van der Waals surface area contributed by atoms with Crippen LogP contribution in [0.25, 0.3) is 93.2 Å². The summed E-state index contributed by atoms with van der Waals surface area (Å²) in [6, 6.07) is 35.7. The molecule has 8 aromatic carbocycles. The first kappa shape index (κ1) is 36.0. The zero-order valence-corrected chi connectivity index (χ0v) is 36.3. The monoisotopic (exact) mass is 888 g/mol. The Hall–Kier alpha value is -6.50. The molecule has 1 fully saturated rings. The van der Waals surface area contributed by atoms with E-state index < -0.39 is 5.60 Å². The summed E-state index contributed by atoms with van der Waals surface area (Å²) in [6.07, 6.45) is 4.93. The van der Waals surface area contributed by atoms with Crippen LogP contribution in [0.5, 0.6) is 5.75 Å². The Morgan fingerprint density at radius 1 is 0.444 bits per heavy atom. The summed E-state index contributed by atoms with van der Waals surface area (Å²) in [4.78, 5) is 67.0. The van der Waals surface area contributed by atoms with E-state index in [-0.39, 0.29) is 32.4 Å². The third-order valence-corrected chi connectivity index (χ3v) is 18.0. The van der Waals surface area contributed by atoms with Crippen LogP contribution in [0.1, 0.15) is 37.7 Å². The molecule has 0 unspecified atom stereocenters. The second kappa shape index (κ2) is 12.8. The van der Waals surface area contributed by atoms with Crippen LogP contribution >= 0.6 is 45.3 Å². The van der Waals surface area contributed by atoms with Crippen LogP contribution in [0, 0.1) is 0 Å². The van der Waals surface area contributed by atoms with Gasteiger partial charge in [-0.2, -0.15) is 0 Å². The maximum Gasteiger partial charge on any atom is 0.216 e. The molecule has 300 valence electrons. The molecule has 11 heteroatoms. The van der Waals surface area contributed by atoms with E-state index in [1.165, 1.54) is 33.1 Å². The average molecular weight is 889 g/mol. The van der Waals surface area contributed by atoms with Crippen LogP contribution in [0.2, 0.25) is 0 Å². The molecule has 7 nitrogen and oxygen atoms in total. The van der Waals surface area contributed by atoms with E-state index in [1.807, 2.05) is 84.9 Å². The van der Waals surface area contributed by atoms with Gasteiger partial charge in [0.15, 0.2) is 16.5 Å². The molecular weight excluding hydrogens is 861 g/mol. The van der Waals surface area contributed by atoms with E-state index in [0.29, 0.717) is 31.5 Å². The van der Waals surface area contributed by atoms with Gasteiger partial charge >= 0.3 is 0 Å². The Morgan fingerprint density at radius 3 is 1.32 bits per heavy atom. The Bertz CT molecular complexity index is 4210. The number of hydrogen-bond acceptors (Lipinski definition) is 11. The minimum absolute atomic E-state index is 0.0385. The third kappa shape index (κ3) is 5.10. The van der Waals surface area contributed by atoms with Crippen molar-refractivity contribution < 1.29 is 4.74 Å². The molecule has 0 bridgehead atoms. The summed E-state index contributed by atoms with van der Waals surface area (Å²) in [7, 11) is 0. The standard InChI is InChI=1S/C52H28N2O5S4/c55-43-32-18-28-14-24-8-2-3-9-25(24)15-29(28)19-33(32)44(56)41(43)53-38-22-36-48(62-38)40-50(60-36)51-47(59-52(40)12-6-1-7-13-52)49-37(61-51)23-39(63-49)54-42-45(57)34-20-30-16-26-10-4-5-11-27(26)17-31(30)21-35(34)46(42)58/h2-5,8-11,14-23H,1,6-7,12-13H2. The number of benzene rings is 6. The molecule has 14 rings (SSSR count). The molecule has 63 heavy (non-hydrogen) atoms. The summed E-state index contributed by atoms with van der Waals surface area (Å²) in [5.41, 5.74) is -0.714. The lowest BCUT2D eigenvalue weighted by Gasteiger charge is -2.40. The van der Waals surface area contributed by atoms with E-state index in [1.54, 1.807) is 22.7 Å². The third-order valence-electron chi connectivity index (χ3n) is 13.2. The second-order valence-electron chi connectivity index (χ2n) is 16.9. The molecule has 0 N–H and O–H groups in total. The van der Waals surface area contributed by atoms with E-state index in [2.05, 4.69) is 24.3 Å². The molecule has 12 aromatic rings. The van der Waals surface area contributed by atoms with Gasteiger partial charge in [0.2, 0.25) is 21.7 Å². The van der Waals surface area contributed by atoms with Gasteiger partial charge in [0.05, 0.1) is 23.9 Å². The van der Waals surface area contributed by atoms with Crippen molar-refractivity contribution in [1.82, 2.24) is 0 Å². The highest BCUT2D eigenvalue weighted by Gasteiger charge is 2.46. The zero-order valence-electron chi connectivity index (χ0n) is 33.0. The highest BCUT2D eigenvalue weighted by Crippen LogP contribution is 2.63. The highest BCUT2D eigenvalue weighted by molar-refractivity contribution is 7.35. The van der Waals surface area contributed by atoms with Crippen molar-refractivity contribution in [2.24, 2.45) is 9.98 Å². The molecule has 5 heterocycles. The maximum absolute atomic E-state index is 13.8. The largest absolute Gasteiger partial charge is 0.479 e. The number of ether oxygens (including phenoxy) is 1. The van der Waals surface area contributed by atoms with E-state index in [0.717, 1.165) is 105 Å². The van der Waals surface area contributed by atoms with Crippen molar-refractivity contribution >= 4 is 139 Å². The molecule has 0 atom stereocenters. The van der Waals surface area contributed by atoms with Gasteiger partial charge in [0, 0.05) is 31.8 Å². The van der Waals surface area contributed by atoms with E-state index >= 15 is 0 Å². The van der Waals surface area contributed by atoms with Crippen molar-refractivity contribution in [3.05, 3.63) is 166 Å². The molecule has 2 aliphatic rings. The SMILES string of the molecule is O=c1c(=Nc2cc3sc4c(c3s2)OC2(CCCCC2)c2c-4sc3cc(N=c4c(=O)c5cc6cc7ccccc7cc6cc5c4=O)sc23)c(=O)c2cc3cc4ccccc4cc3cc12. The van der Waals surface area contributed by atoms with Gasteiger partial charge in [-0.25, -0.2) is 9.98 Å². The van der Waals surface area contributed by atoms with Gasteiger partial charge in [-0.15, -0.1) is 45.3 Å². The predicted octanol–water partition coefficient (Wildman–Crippen LogP) is 12.0. The quantitative estimate of drug-likeness (QED) is 0.161. The van der Waals surface area contributed by atoms with E-state index in [9.17, 15) is 19.2 Å². The Kier molecular flexibility index (Phi) is 7.32. The normalized spacial score (nSPS) is 14.9. The van der Waals surface area contributed by atoms with Crippen molar-refractivity contribution in [2.45, 2.75) is 37.7 Å². The second-order valence-corrected chi connectivity index (χ2v) is 21.1. The van der Waals surface area contributed by atoms with Crippen molar-refractivity contribution in [1.29, 1.82) is 0 Å². The van der Waals surface area contributed by atoms with Crippen molar-refractivity contribution in [3.63, 3.8) is 0 Å².